The highest BCUT2D eigenvalue weighted by atomic mass is 16.4. The van der Waals surface area contributed by atoms with E-state index in [0.29, 0.717) is 16.6 Å². The SMILES string of the molecule is CCCn1cc(C(=O)O)c2cc(N)ccc21. The molecule has 0 atom stereocenters. The van der Waals surface area contributed by atoms with E-state index >= 15 is 0 Å². The van der Waals surface area contributed by atoms with Crippen molar-refractivity contribution < 1.29 is 9.90 Å². The van der Waals surface area contributed by atoms with Crippen LogP contribution in [-0.4, -0.2) is 15.6 Å². The third kappa shape index (κ3) is 1.62. The summed E-state index contributed by atoms with van der Waals surface area (Å²) in [5.41, 5.74) is 7.50. The van der Waals surface area contributed by atoms with Gasteiger partial charge in [-0.1, -0.05) is 6.92 Å². The van der Waals surface area contributed by atoms with Crippen molar-refractivity contribution in [1.29, 1.82) is 0 Å². The van der Waals surface area contributed by atoms with Gasteiger partial charge >= 0.3 is 5.97 Å². The third-order valence-corrected chi connectivity index (χ3v) is 2.60. The molecule has 84 valence electrons. The molecule has 0 aliphatic rings. The molecule has 2 aromatic rings. The summed E-state index contributed by atoms with van der Waals surface area (Å²) in [6.45, 7) is 2.87. The largest absolute Gasteiger partial charge is 0.478 e. The quantitative estimate of drug-likeness (QED) is 0.777. The second-order valence-corrected chi connectivity index (χ2v) is 3.82. The summed E-state index contributed by atoms with van der Waals surface area (Å²) < 4.78 is 1.96. The number of carbonyl (C=O) groups is 1. The molecular formula is C12H14N2O2. The highest BCUT2D eigenvalue weighted by Crippen LogP contribution is 2.24. The van der Waals surface area contributed by atoms with Gasteiger partial charge in [0.15, 0.2) is 0 Å². The number of fused-ring (bicyclic) bond motifs is 1. The molecule has 16 heavy (non-hydrogen) atoms. The fourth-order valence-electron chi connectivity index (χ4n) is 1.91. The number of anilines is 1. The summed E-state index contributed by atoms with van der Waals surface area (Å²) in [7, 11) is 0. The van der Waals surface area contributed by atoms with Crippen molar-refractivity contribution in [3.05, 3.63) is 30.0 Å². The lowest BCUT2D eigenvalue weighted by atomic mass is 10.1. The molecule has 2 rings (SSSR count). The Morgan fingerprint density at radius 1 is 1.50 bits per heavy atom. The molecular weight excluding hydrogens is 204 g/mol. The van der Waals surface area contributed by atoms with Crippen LogP contribution in [0.25, 0.3) is 10.9 Å². The molecule has 4 nitrogen and oxygen atoms in total. The fraction of sp³-hybridized carbons (Fsp3) is 0.250. The number of aryl methyl sites for hydroxylation is 1. The van der Waals surface area contributed by atoms with Crippen LogP contribution in [0.2, 0.25) is 0 Å². The van der Waals surface area contributed by atoms with Crippen LogP contribution >= 0.6 is 0 Å². The molecule has 3 N–H and O–H groups in total. The number of rotatable bonds is 3. The van der Waals surface area contributed by atoms with Crippen LogP contribution in [0.4, 0.5) is 5.69 Å². The minimum absolute atomic E-state index is 0.316. The maximum Gasteiger partial charge on any atom is 0.337 e. The van der Waals surface area contributed by atoms with Gasteiger partial charge in [-0.15, -0.1) is 0 Å². The lowest BCUT2D eigenvalue weighted by Crippen LogP contribution is -1.96. The van der Waals surface area contributed by atoms with Crippen LogP contribution in [0.1, 0.15) is 23.7 Å². The van der Waals surface area contributed by atoms with E-state index in [1.807, 2.05) is 10.6 Å². The van der Waals surface area contributed by atoms with E-state index in [1.54, 1.807) is 18.3 Å². The van der Waals surface area contributed by atoms with E-state index in [4.69, 9.17) is 10.8 Å². The van der Waals surface area contributed by atoms with Crippen LogP contribution in [0, 0.1) is 0 Å². The van der Waals surface area contributed by atoms with Gasteiger partial charge < -0.3 is 15.4 Å². The Labute approximate surface area is 93.3 Å². The molecule has 0 bridgehead atoms. The number of hydrogen-bond donors (Lipinski definition) is 2. The van der Waals surface area contributed by atoms with Crippen molar-refractivity contribution in [3.8, 4) is 0 Å². The Morgan fingerprint density at radius 3 is 2.88 bits per heavy atom. The Morgan fingerprint density at radius 2 is 2.25 bits per heavy atom. The van der Waals surface area contributed by atoms with Gasteiger partial charge in [0.05, 0.1) is 5.56 Å². The monoisotopic (exact) mass is 218 g/mol. The highest BCUT2D eigenvalue weighted by Gasteiger charge is 2.13. The number of hydrogen-bond acceptors (Lipinski definition) is 2. The number of benzene rings is 1. The zero-order chi connectivity index (χ0) is 11.7. The van der Waals surface area contributed by atoms with Crippen LogP contribution < -0.4 is 5.73 Å². The summed E-state index contributed by atoms with van der Waals surface area (Å²) in [5.74, 6) is -0.912. The van der Waals surface area contributed by atoms with Gasteiger partial charge in [-0.05, 0) is 24.6 Å². The zero-order valence-corrected chi connectivity index (χ0v) is 9.10. The molecule has 0 saturated carbocycles. The van der Waals surface area contributed by atoms with Gasteiger partial charge in [0, 0.05) is 29.3 Å². The topological polar surface area (TPSA) is 68.2 Å². The number of nitrogens with zero attached hydrogens (tertiary/aromatic N) is 1. The van der Waals surface area contributed by atoms with Crippen molar-refractivity contribution in [1.82, 2.24) is 4.57 Å². The van der Waals surface area contributed by atoms with Crippen molar-refractivity contribution in [2.75, 3.05) is 5.73 Å². The predicted octanol–water partition coefficient (Wildman–Crippen LogP) is 2.33. The number of aromatic nitrogens is 1. The molecule has 1 heterocycles. The first-order valence-corrected chi connectivity index (χ1v) is 5.25. The summed E-state index contributed by atoms with van der Waals surface area (Å²) in [5, 5.41) is 9.81. The molecule has 4 heteroatoms. The van der Waals surface area contributed by atoms with E-state index in [2.05, 4.69) is 6.92 Å². The third-order valence-electron chi connectivity index (χ3n) is 2.60. The predicted molar refractivity (Wildman–Crippen MR) is 63.6 cm³/mol. The second kappa shape index (κ2) is 3.89. The van der Waals surface area contributed by atoms with Gasteiger partial charge in [0.25, 0.3) is 0 Å². The number of aromatic carboxylic acids is 1. The number of nitrogen functional groups attached to an aromatic ring is 1. The van der Waals surface area contributed by atoms with Crippen molar-refractivity contribution in [2.45, 2.75) is 19.9 Å². The molecule has 0 saturated heterocycles. The molecule has 0 amide bonds. The van der Waals surface area contributed by atoms with Gasteiger partial charge in [0.2, 0.25) is 0 Å². The van der Waals surface area contributed by atoms with Crippen LogP contribution in [0.5, 0.6) is 0 Å². The van der Waals surface area contributed by atoms with Crippen LogP contribution in [0.15, 0.2) is 24.4 Å². The smallest absolute Gasteiger partial charge is 0.337 e. The zero-order valence-electron chi connectivity index (χ0n) is 9.10. The Hall–Kier alpha value is -1.97. The summed E-state index contributed by atoms with van der Waals surface area (Å²) >= 11 is 0. The van der Waals surface area contributed by atoms with E-state index in [-0.39, 0.29) is 0 Å². The molecule has 0 fully saturated rings. The normalized spacial score (nSPS) is 10.8. The summed E-state index contributed by atoms with van der Waals surface area (Å²) in [6.07, 6.45) is 2.64. The average Bonchev–Trinajstić information content (AvgIpc) is 2.57. The maximum absolute atomic E-state index is 11.1. The van der Waals surface area contributed by atoms with Crippen molar-refractivity contribution in [2.24, 2.45) is 0 Å². The van der Waals surface area contributed by atoms with Gasteiger partial charge in [-0.25, -0.2) is 4.79 Å². The van der Waals surface area contributed by atoms with Gasteiger partial charge in [-0.3, -0.25) is 0 Å². The lowest BCUT2D eigenvalue weighted by Gasteiger charge is -2.02. The van der Waals surface area contributed by atoms with E-state index in [1.165, 1.54) is 0 Å². The van der Waals surface area contributed by atoms with Crippen molar-refractivity contribution >= 4 is 22.6 Å². The Balaban J connectivity index is 2.71. The second-order valence-electron chi connectivity index (χ2n) is 3.82. The minimum Gasteiger partial charge on any atom is -0.478 e. The number of nitrogens with two attached hydrogens (primary N) is 1. The molecule has 0 unspecified atom stereocenters. The lowest BCUT2D eigenvalue weighted by molar-refractivity contribution is 0.0699. The average molecular weight is 218 g/mol. The minimum atomic E-state index is -0.912. The first-order chi connectivity index (χ1) is 7.63. The van der Waals surface area contributed by atoms with Crippen molar-refractivity contribution in [3.63, 3.8) is 0 Å². The Kier molecular flexibility index (Phi) is 2.56. The molecule has 1 aromatic heterocycles. The molecule has 0 aliphatic heterocycles. The molecule has 1 aromatic carbocycles. The number of carboxylic acid groups (broad SMARTS) is 1. The standard InChI is InChI=1S/C12H14N2O2/c1-2-5-14-7-10(12(15)16)9-6-8(13)3-4-11(9)14/h3-4,6-7H,2,5,13H2,1H3,(H,15,16). The first kappa shape index (κ1) is 10.5. The van der Waals surface area contributed by atoms with E-state index < -0.39 is 5.97 Å². The van der Waals surface area contributed by atoms with Crippen LogP contribution in [0.3, 0.4) is 0 Å². The Bertz CT molecular complexity index is 543. The number of carboxylic acids is 1. The summed E-state index contributed by atoms with van der Waals surface area (Å²) in [6, 6.07) is 5.37. The summed E-state index contributed by atoms with van der Waals surface area (Å²) in [4.78, 5) is 11.1. The molecule has 0 aliphatic carbocycles. The molecule has 0 spiro atoms. The molecule has 0 radical (unpaired) electrons. The van der Waals surface area contributed by atoms with Gasteiger partial charge in [-0.2, -0.15) is 0 Å². The first-order valence-electron chi connectivity index (χ1n) is 5.25. The van der Waals surface area contributed by atoms with Crippen LogP contribution in [-0.2, 0) is 6.54 Å². The highest BCUT2D eigenvalue weighted by molar-refractivity contribution is 6.04. The van der Waals surface area contributed by atoms with E-state index in [0.717, 1.165) is 18.5 Å². The van der Waals surface area contributed by atoms with E-state index in [9.17, 15) is 4.79 Å². The van der Waals surface area contributed by atoms with Gasteiger partial charge in [0.1, 0.15) is 0 Å². The maximum atomic E-state index is 11.1. The fourth-order valence-corrected chi connectivity index (χ4v) is 1.91.